The standard InChI is InChI=1S/C11H16Br2N2O2/c1-2-11(8-6-4-3-5-7-8)9(16)14(12)10(17)15(11)13/h8H,2-7H2,1H3. The first kappa shape index (κ1) is 13.3. The summed E-state index contributed by atoms with van der Waals surface area (Å²) in [4.78, 5) is 24.2. The minimum atomic E-state index is -0.693. The van der Waals surface area contributed by atoms with Gasteiger partial charge in [-0.2, -0.15) is 3.93 Å². The van der Waals surface area contributed by atoms with Gasteiger partial charge in [0, 0.05) is 0 Å². The lowest BCUT2D eigenvalue weighted by Crippen LogP contribution is -2.51. The van der Waals surface area contributed by atoms with Crippen molar-refractivity contribution in [3.63, 3.8) is 0 Å². The Morgan fingerprint density at radius 3 is 2.24 bits per heavy atom. The lowest BCUT2D eigenvalue weighted by molar-refractivity contribution is -0.131. The fourth-order valence-corrected chi connectivity index (χ4v) is 4.61. The van der Waals surface area contributed by atoms with Crippen LogP contribution in [0.15, 0.2) is 0 Å². The molecule has 1 saturated carbocycles. The van der Waals surface area contributed by atoms with Crippen molar-refractivity contribution in [1.82, 2.24) is 7.85 Å². The number of carbonyl (C=O) groups is 2. The van der Waals surface area contributed by atoms with Crippen LogP contribution in [0.25, 0.3) is 0 Å². The van der Waals surface area contributed by atoms with E-state index >= 15 is 0 Å². The third-order valence-electron chi connectivity index (χ3n) is 4.05. The monoisotopic (exact) mass is 366 g/mol. The molecular formula is C11H16Br2N2O2. The van der Waals surface area contributed by atoms with Crippen molar-refractivity contribution in [1.29, 1.82) is 0 Å². The SMILES string of the molecule is CCC1(C2CCCCC2)C(=O)N(Br)C(=O)N1Br. The van der Waals surface area contributed by atoms with Gasteiger partial charge < -0.3 is 0 Å². The zero-order valence-corrected chi connectivity index (χ0v) is 13.0. The maximum Gasteiger partial charge on any atom is 0.348 e. The van der Waals surface area contributed by atoms with Crippen LogP contribution in [0.2, 0.25) is 0 Å². The van der Waals surface area contributed by atoms with E-state index in [-0.39, 0.29) is 17.9 Å². The first-order valence-corrected chi connectivity index (χ1v) is 7.48. The summed E-state index contributed by atoms with van der Waals surface area (Å²) in [5.74, 6) is 0.133. The Morgan fingerprint density at radius 1 is 1.24 bits per heavy atom. The summed E-state index contributed by atoms with van der Waals surface area (Å²) in [7, 11) is 0. The van der Waals surface area contributed by atoms with Crippen LogP contribution >= 0.6 is 32.3 Å². The molecule has 2 fully saturated rings. The Kier molecular flexibility index (Phi) is 3.83. The second-order valence-corrected chi connectivity index (χ2v) is 6.18. The first-order chi connectivity index (χ1) is 8.05. The van der Waals surface area contributed by atoms with Crippen molar-refractivity contribution in [2.45, 2.75) is 51.0 Å². The van der Waals surface area contributed by atoms with Gasteiger partial charge in [-0.05, 0) is 25.2 Å². The quantitative estimate of drug-likeness (QED) is 0.552. The van der Waals surface area contributed by atoms with Gasteiger partial charge in [0.05, 0.1) is 32.3 Å². The summed E-state index contributed by atoms with van der Waals surface area (Å²) in [5, 5.41) is 0. The average molecular weight is 368 g/mol. The largest absolute Gasteiger partial charge is 0.348 e. The highest BCUT2D eigenvalue weighted by atomic mass is 79.9. The van der Waals surface area contributed by atoms with Crippen molar-refractivity contribution in [3.8, 4) is 0 Å². The number of halogens is 2. The molecule has 0 spiro atoms. The molecule has 0 aromatic carbocycles. The predicted octanol–water partition coefficient (Wildman–Crippen LogP) is 3.60. The summed E-state index contributed by atoms with van der Waals surface area (Å²) in [6, 6.07) is -0.317. The highest BCUT2D eigenvalue weighted by Gasteiger charge is 2.59. The predicted molar refractivity (Wildman–Crippen MR) is 71.5 cm³/mol. The van der Waals surface area contributed by atoms with Gasteiger partial charge in [-0.25, -0.2) is 8.72 Å². The van der Waals surface area contributed by atoms with Crippen molar-refractivity contribution in [2.75, 3.05) is 0 Å². The number of hydrogen-bond donors (Lipinski definition) is 0. The Balaban J connectivity index is 2.35. The van der Waals surface area contributed by atoms with Crippen molar-refractivity contribution in [3.05, 3.63) is 0 Å². The van der Waals surface area contributed by atoms with Crippen LogP contribution in [0.1, 0.15) is 45.4 Å². The van der Waals surface area contributed by atoms with Gasteiger partial charge in [-0.15, -0.1) is 0 Å². The number of amides is 3. The highest BCUT2D eigenvalue weighted by Crippen LogP contribution is 2.46. The molecule has 0 N–H and O–H groups in total. The molecule has 0 aromatic rings. The van der Waals surface area contributed by atoms with E-state index in [9.17, 15) is 9.59 Å². The van der Waals surface area contributed by atoms with Crippen molar-refractivity contribution in [2.24, 2.45) is 5.92 Å². The third-order valence-corrected chi connectivity index (χ3v) is 5.62. The van der Waals surface area contributed by atoms with Crippen LogP contribution in [0.3, 0.4) is 0 Å². The molecule has 1 heterocycles. The van der Waals surface area contributed by atoms with E-state index < -0.39 is 5.54 Å². The maximum absolute atomic E-state index is 12.4. The summed E-state index contributed by atoms with van der Waals surface area (Å²) < 4.78 is 2.51. The Labute approximate surface area is 118 Å². The van der Waals surface area contributed by atoms with E-state index in [1.165, 1.54) is 10.3 Å². The summed E-state index contributed by atoms with van der Waals surface area (Å²) in [6.45, 7) is 1.97. The first-order valence-electron chi connectivity index (χ1n) is 6.06. The van der Waals surface area contributed by atoms with E-state index in [0.717, 1.165) is 29.6 Å². The summed E-state index contributed by atoms with van der Waals surface area (Å²) in [5.41, 5.74) is -0.693. The van der Waals surface area contributed by atoms with Crippen LogP contribution in [-0.4, -0.2) is 25.3 Å². The van der Waals surface area contributed by atoms with E-state index in [1.54, 1.807) is 0 Å². The van der Waals surface area contributed by atoms with E-state index in [1.807, 2.05) is 6.92 Å². The number of hydrogen-bond acceptors (Lipinski definition) is 2. The smallest absolute Gasteiger partial charge is 0.271 e. The fourth-order valence-electron chi connectivity index (χ4n) is 3.08. The van der Waals surface area contributed by atoms with Gasteiger partial charge in [0.15, 0.2) is 0 Å². The molecule has 0 bridgehead atoms. The number of nitrogens with zero attached hydrogens (tertiary/aromatic N) is 2. The van der Waals surface area contributed by atoms with E-state index in [2.05, 4.69) is 32.3 Å². The van der Waals surface area contributed by atoms with E-state index in [0.29, 0.717) is 6.42 Å². The van der Waals surface area contributed by atoms with Gasteiger partial charge >= 0.3 is 6.03 Å². The van der Waals surface area contributed by atoms with Crippen LogP contribution in [0.4, 0.5) is 4.79 Å². The number of carbonyl (C=O) groups excluding carboxylic acids is 2. The molecule has 1 unspecified atom stereocenters. The molecule has 4 nitrogen and oxygen atoms in total. The average Bonchev–Trinajstić information content (AvgIpc) is 2.54. The molecule has 0 aromatic heterocycles. The minimum absolute atomic E-state index is 0.131. The van der Waals surface area contributed by atoms with Crippen molar-refractivity contribution >= 4 is 44.2 Å². The highest BCUT2D eigenvalue weighted by molar-refractivity contribution is 9.08. The maximum atomic E-state index is 12.4. The molecule has 0 radical (unpaired) electrons. The molecule has 2 rings (SSSR count). The molecular weight excluding hydrogens is 352 g/mol. The zero-order valence-electron chi connectivity index (χ0n) is 9.79. The molecule has 96 valence electrons. The summed E-state index contributed by atoms with van der Waals surface area (Å²) >= 11 is 6.35. The van der Waals surface area contributed by atoms with Gasteiger partial charge in [0.2, 0.25) is 0 Å². The molecule has 1 atom stereocenters. The van der Waals surface area contributed by atoms with Gasteiger partial charge in [-0.3, -0.25) is 4.79 Å². The molecule has 2 aliphatic rings. The molecule has 3 amide bonds. The van der Waals surface area contributed by atoms with Crippen molar-refractivity contribution < 1.29 is 9.59 Å². The topological polar surface area (TPSA) is 40.6 Å². The van der Waals surface area contributed by atoms with Gasteiger partial charge in [0.1, 0.15) is 5.54 Å². The van der Waals surface area contributed by atoms with Gasteiger partial charge in [-0.1, -0.05) is 26.2 Å². The third kappa shape index (κ3) is 1.84. The van der Waals surface area contributed by atoms with Crippen LogP contribution in [-0.2, 0) is 4.79 Å². The Hall–Kier alpha value is -0.100. The second-order valence-electron chi connectivity index (χ2n) is 4.76. The molecule has 1 saturated heterocycles. The molecule has 1 aliphatic carbocycles. The molecule has 17 heavy (non-hydrogen) atoms. The van der Waals surface area contributed by atoms with Crippen LogP contribution in [0, 0.1) is 5.92 Å². The van der Waals surface area contributed by atoms with Crippen LogP contribution < -0.4 is 0 Å². The lowest BCUT2D eigenvalue weighted by atomic mass is 9.73. The second kappa shape index (κ2) is 4.88. The number of rotatable bonds is 2. The molecule has 6 heteroatoms. The lowest BCUT2D eigenvalue weighted by Gasteiger charge is -2.39. The Morgan fingerprint density at radius 2 is 1.82 bits per heavy atom. The zero-order chi connectivity index (χ0) is 12.6. The number of imide groups is 1. The molecule has 1 aliphatic heterocycles. The van der Waals surface area contributed by atoms with Gasteiger partial charge in [0.25, 0.3) is 5.91 Å². The Bertz CT molecular complexity index is 344. The van der Waals surface area contributed by atoms with Crippen LogP contribution in [0.5, 0.6) is 0 Å². The normalized spacial score (nSPS) is 31.5. The summed E-state index contributed by atoms with van der Waals surface area (Å²) in [6.07, 6.45) is 6.23. The van der Waals surface area contributed by atoms with E-state index in [4.69, 9.17) is 0 Å². The number of urea groups is 1. The minimum Gasteiger partial charge on any atom is -0.271 e. The fraction of sp³-hybridized carbons (Fsp3) is 0.818.